The molecule has 2 aromatic carbocycles. The molecule has 0 aliphatic rings. The van der Waals surface area contributed by atoms with Crippen LogP contribution in [0, 0.1) is 5.82 Å². The first kappa shape index (κ1) is 18.6. The molecule has 3 rings (SSSR count). The Morgan fingerprint density at radius 2 is 1.88 bits per heavy atom. The highest BCUT2D eigenvalue weighted by Gasteiger charge is 2.14. The maximum atomic E-state index is 13.9. The van der Waals surface area contributed by atoms with Gasteiger partial charge in [-0.15, -0.1) is 10.2 Å². The maximum absolute atomic E-state index is 13.9. The maximum Gasteiger partial charge on any atom is 0.387 e. The summed E-state index contributed by atoms with van der Waals surface area (Å²) >= 11 is 4.44. The molecule has 0 saturated carbocycles. The minimum atomic E-state index is -2.89. The van der Waals surface area contributed by atoms with Crippen molar-refractivity contribution in [2.24, 2.45) is 0 Å². The van der Waals surface area contributed by atoms with Gasteiger partial charge in [0.1, 0.15) is 11.6 Å². The number of benzene rings is 2. The van der Waals surface area contributed by atoms with Crippen LogP contribution in [0.3, 0.4) is 0 Å². The Morgan fingerprint density at radius 3 is 2.54 bits per heavy atom. The van der Waals surface area contributed by atoms with Gasteiger partial charge >= 0.3 is 6.61 Å². The van der Waals surface area contributed by atoms with Gasteiger partial charge in [-0.1, -0.05) is 33.8 Å². The second kappa shape index (κ2) is 8.00. The van der Waals surface area contributed by atoms with Gasteiger partial charge in [0.2, 0.25) is 5.16 Å². The Balaban J connectivity index is 1.73. The molecule has 1 heterocycles. The Labute approximate surface area is 159 Å². The fourth-order valence-electron chi connectivity index (χ4n) is 2.14. The van der Waals surface area contributed by atoms with Gasteiger partial charge in [0, 0.05) is 15.8 Å². The number of halogens is 4. The van der Waals surface area contributed by atoms with Crippen molar-refractivity contribution in [3.8, 4) is 17.1 Å². The third kappa shape index (κ3) is 4.31. The van der Waals surface area contributed by atoms with E-state index in [1.807, 2.05) is 0 Å². The Morgan fingerprint density at radius 1 is 1.15 bits per heavy atom. The molecule has 136 valence electrons. The van der Waals surface area contributed by atoms with Gasteiger partial charge in [-0.3, -0.25) is 0 Å². The molecule has 10 heteroatoms. The van der Waals surface area contributed by atoms with Crippen LogP contribution in [0.5, 0.6) is 5.75 Å². The molecular formula is C16H12BrF3N4OS. The average Bonchev–Trinajstić information content (AvgIpc) is 2.95. The Hall–Kier alpha value is -2.20. The molecule has 0 radical (unpaired) electrons. The molecule has 0 fully saturated rings. The highest BCUT2D eigenvalue weighted by atomic mass is 79.9. The third-order valence-electron chi connectivity index (χ3n) is 3.37. The first-order valence-electron chi connectivity index (χ1n) is 7.26. The number of nitrogen functional groups attached to an aromatic ring is 1. The fraction of sp³-hybridized carbons (Fsp3) is 0.125. The average molecular weight is 445 g/mol. The summed E-state index contributed by atoms with van der Waals surface area (Å²) in [6.07, 6.45) is 0. The molecule has 0 spiro atoms. The predicted octanol–water partition coefficient (Wildman–Crippen LogP) is 4.45. The molecule has 0 amide bonds. The van der Waals surface area contributed by atoms with Gasteiger partial charge in [0.25, 0.3) is 0 Å². The number of nitrogens with two attached hydrogens (primary N) is 1. The molecule has 26 heavy (non-hydrogen) atoms. The molecule has 0 aliphatic heterocycles. The number of hydrogen-bond donors (Lipinski definition) is 1. The molecule has 0 atom stereocenters. The largest absolute Gasteiger partial charge is 0.435 e. The van der Waals surface area contributed by atoms with E-state index in [-0.39, 0.29) is 11.6 Å². The Bertz CT molecular complexity index is 905. The first-order valence-corrected chi connectivity index (χ1v) is 9.04. The molecular weight excluding hydrogens is 433 g/mol. The summed E-state index contributed by atoms with van der Waals surface area (Å²) in [5.74, 6) is 6.39. The van der Waals surface area contributed by atoms with Gasteiger partial charge in [-0.2, -0.15) is 8.78 Å². The van der Waals surface area contributed by atoms with Crippen LogP contribution in [0.1, 0.15) is 5.56 Å². The number of alkyl halides is 2. The van der Waals surface area contributed by atoms with Gasteiger partial charge < -0.3 is 10.6 Å². The van der Waals surface area contributed by atoms with Crippen molar-refractivity contribution >= 4 is 27.7 Å². The summed E-state index contributed by atoms with van der Waals surface area (Å²) in [7, 11) is 0. The van der Waals surface area contributed by atoms with E-state index < -0.39 is 6.61 Å². The molecule has 0 saturated heterocycles. The highest BCUT2D eigenvalue weighted by Crippen LogP contribution is 2.27. The van der Waals surface area contributed by atoms with E-state index in [0.717, 1.165) is 0 Å². The van der Waals surface area contributed by atoms with Crippen LogP contribution in [0.25, 0.3) is 11.4 Å². The van der Waals surface area contributed by atoms with Crippen molar-refractivity contribution < 1.29 is 17.9 Å². The number of ether oxygens (including phenoxy) is 1. The summed E-state index contributed by atoms with van der Waals surface area (Å²) in [5, 5.41) is 8.39. The lowest BCUT2D eigenvalue weighted by molar-refractivity contribution is -0.0498. The molecule has 5 nitrogen and oxygen atoms in total. The molecule has 2 N–H and O–H groups in total. The van der Waals surface area contributed by atoms with Crippen molar-refractivity contribution in [2.75, 3.05) is 5.84 Å². The van der Waals surface area contributed by atoms with Crippen LogP contribution in [-0.4, -0.2) is 21.5 Å². The van der Waals surface area contributed by atoms with Gasteiger partial charge in [0.05, 0.1) is 0 Å². The van der Waals surface area contributed by atoms with E-state index in [1.165, 1.54) is 34.6 Å². The van der Waals surface area contributed by atoms with Crippen molar-refractivity contribution in [3.63, 3.8) is 0 Å². The zero-order valence-electron chi connectivity index (χ0n) is 13.1. The summed E-state index contributed by atoms with van der Waals surface area (Å²) in [4.78, 5) is 0. The zero-order valence-corrected chi connectivity index (χ0v) is 15.5. The smallest absolute Gasteiger partial charge is 0.387 e. The van der Waals surface area contributed by atoms with Crippen LogP contribution in [0.2, 0.25) is 0 Å². The van der Waals surface area contributed by atoms with Crippen molar-refractivity contribution in [2.45, 2.75) is 17.5 Å². The number of hydrogen-bond acceptors (Lipinski definition) is 5. The fourth-order valence-corrected chi connectivity index (χ4v) is 3.31. The third-order valence-corrected chi connectivity index (χ3v) is 4.86. The van der Waals surface area contributed by atoms with Crippen molar-refractivity contribution in [1.29, 1.82) is 0 Å². The summed E-state index contributed by atoms with van der Waals surface area (Å²) in [6, 6.07) is 10.7. The second-order valence-corrected chi connectivity index (χ2v) is 6.96. The molecule has 1 aromatic heterocycles. The van der Waals surface area contributed by atoms with E-state index in [1.54, 1.807) is 24.3 Å². The lowest BCUT2D eigenvalue weighted by Crippen LogP contribution is -2.11. The number of thioether (sulfide) groups is 1. The van der Waals surface area contributed by atoms with E-state index in [2.05, 4.69) is 30.9 Å². The molecule has 3 aromatic rings. The minimum absolute atomic E-state index is 0.0344. The first-order chi connectivity index (χ1) is 12.4. The quantitative estimate of drug-likeness (QED) is 0.449. The van der Waals surface area contributed by atoms with Crippen LogP contribution >= 0.6 is 27.7 Å². The summed E-state index contributed by atoms with van der Waals surface area (Å²) < 4.78 is 44.5. The second-order valence-electron chi connectivity index (χ2n) is 5.10. The van der Waals surface area contributed by atoms with E-state index >= 15 is 0 Å². The highest BCUT2D eigenvalue weighted by molar-refractivity contribution is 9.10. The zero-order chi connectivity index (χ0) is 18.7. The lowest BCUT2D eigenvalue weighted by Gasteiger charge is -2.06. The number of aromatic nitrogens is 3. The van der Waals surface area contributed by atoms with Crippen LogP contribution in [0.4, 0.5) is 13.2 Å². The predicted molar refractivity (Wildman–Crippen MR) is 95.9 cm³/mol. The van der Waals surface area contributed by atoms with Gasteiger partial charge in [0.15, 0.2) is 5.82 Å². The number of nitrogens with zero attached hydrogens (tertiary/aromatic N) is 3. The van der Waals surface area contributed by atoms with Crippen LogP contribution < -0.4 is 10.6 Å². The summed E-state index contributed by atoms with van der Waals surface area (Å²) in [5.41, 5.74) is 1.10. The van der Waals surface area contributed by atoms with Gasteiger partial charge in [-0.25, -0.2) is 9.07 Å². The van der Waals surface area contributed by atoms with Crippen LogP contribution in [-0.2, 0) is 5.75 Å². The van der Waals surface area contributed by atoms with Crippen molar-refractivity contribution in [1.82, 2.24) is 14.9 Å². The van der Waals surface area contributed by atoms with E-state index in [9.17, 15) is 13.2 Å². The monoisotopic (exact) mass is 444 g/mol. The topological polar surface area (TPSA) is 66.0 Å². The standard InChI is InChI=1S/C16H12BrF3N4OS/c17-11-4-1-10(13(18)7-11)8-26-16-23-22-14(24(16)21)9-2-5-12(6-3-9)25-15(19)20/h1-7,15H,8,21H2. The van der Waals surface area contributed by atoms with E-state index in [4.69, 9.17) is 5.84 Å². The molecule has 0 unspecified atom stereocenters. The van der Waals surface area contributed by atoms with Crippen molar-refractivity contribution in [3.05, 3.63) is 58.3 Å². The summed E-state index contributed by atoms with van der Waals surface area (Å²) in [6.45, 7) is -2.89. The normalized spacial score (nSPS) is 11.1. The SMILES string of the molecule is Nn1c(SCc2ccc(Br)cc2F)nnc1-c1ccc(OC(F)F)cc1. The van der Waals surface area contributed by atoms with Crippen LogP contribution in [0.15, 0.2) is 52.1 Å². The molecule has 0 aliphatic carbocycles. The Kier molecular flexibility index (Phi) is 5.72. The lowest BCUT2D eigenvalue weighted by atomic mass is 10.2. The van der Waals surface area contributed by atoms with Gasteiger partial charge in [-0.05, 0) is 42.0 Å². The molecule has 0 bridgehead atoms. The minimum Gasteiger partial charge on any atom is -0.435 e. The number of rotatable bonds is 6. The van der Waals surface area contributed by atoms with E-state index in [0.29, 0.717) is 32.3 Å².